The molecule has 0 unspecified atom stereocenters. The summed E-state index contributed by atoms with van der Waals surface area (Å²) < 4.78 is 1.97. The van der Waals surface area contributed by atoms with Crippen LogP contribution in [0.5, 0.6) is 0 Å². The predicted octanol–water partition coefficient (Wildman–Crippen LogP) is 0.586. The highest BCUT2D eigenvalue weighted by molar-refractivity contribution is 5.77. The van der Waals surface area contributed by atoms with E-state index in [1.807, 2.05) is 28.8 Å². The van der Waals surface area contributed by atoms with E-state index in [2.05, 4.69) is 27.4 Å². The summed E-state index contributed by atoms with van der Waals surface area (Å²) in [5, 5.41) is 11.3. The van der Waals surface area contributed by atoms with Crippen LogP contribution in [0.3, 0.4) is 0 Å². The molecule has 0 aliphatic rings. The van der Waals surface area contributed by atoms with Gasteiger partial charge in [0.1, 0.15) is 5.82 Å². The highest BCUT2D eigenvalue weighted by Gasteiger charge is 2.03. The fourth-order valence-corrected chi connectivity index (χ4v) is 1.65. The van der Waals surface area contributed by atoms with Gasteiger partial charge in [0.2, 0.25) is 0 Å². The second kappa shape index (κ2) is 6.00. The van der Waals surface area contributed by atoms with E-state index < -0.39 is 0 Å². The van der Waals surface area contributed by atoms with Gasteiger partial charge in [-0.2, -0.15) is 0 Å². The lowest BCUT2D eigenvalue weighted by Gasteiger charge is -2.04. The molecule has 18 heavy (non-hydrogen) atoms. The lowest BCUT2D eigenvalue weighted by molar-refractivity contribution is 0.785. The Balaban J connectivity index is 1.91. The first-order chi connectivity index (χ1) is 8.81. The molecule has 0 aliphatic heterocycles. The lowest BCUT2D eigenvalue weighted by Crippen LogP contribution is -2.33. The van der Waals surface area contributed by atoms with E-state index in [9.17, 15) is 0 Å². The summed E-state index contributed by atoms with van der Waals surface area (Å²) in [7, 11) is 0. The van der Waals surface area contributed by atoms with Crippen LogP contribution in [0, 0.1) is 0 Å². The Labute approximate surface area is 106 Å². The van der Waals surface area contributed by atoms with Gasteiger partial charge >= 0.3 is 0 Å². The third-order valence-corrected chi connectivity index (χ3v) is 2.54. The molecule has 3 N–H and O–H groups in total. The quantitative estimate of drug-likeness (QED) is 0.597. The first-order valence-corrected chi connectivity index (χ1v) is 6.13. The van der Waals surface area contributed by atoms with E-state index >= 15 is 0 Å². The predicted molar refractivity (Wildman–Crippen MR) is 71.5 cm³/mol. The van der Waals surface area contributed by atoms with Crippen molar-refractivity contribution in [1.29, 1.82) is 0 Å². The molecule has 0 aliphatic carbocycles. The number of guanidine groups is 1. The normalized spacial score (nSPS) is 11.9. The molecule has 0 radical (unpaired) electrons. The van der Waals surface area contributed by atoms with E-state index in [0.717, 1.165) is 30.9 Å². The van der Waals surface area contributed by atoms with Gasteiger partial charge in [-0.3, -0.25) is 9.39 Å². The fraction of sp³-hybridized carbons (Fsp3) is 0.417. The third kappa shape index (κ3) is 2.97. The van der Waals surface area contributed by atoms with Gasteiger partial charge in [-0.05, 0) is 18.6 Å². The lowest BCUT2D eigenvalue weighted by atomic mass is 10.4. The Morgan fingerprint density at radius 1 is 1.44 bits per heavy atom. The topological polar surface area (TPSA) is 80.6 Å². The second-order valence-electron chi connectivity index (χ2n) is 3.99. The largest absolute Gasteiger partial charge is 0.370 e. The Morgan fingerprint density at radius 3 is 3.17 bits per heavy atom. The van der Waals surface area contributed by atoms with Crippen LogP contribution >= 0.6 is 0 Å². The summed E-state index contributed by atoms with van der Waals surface area (Å²) in [6.45, 7) is 3.53. The monoisotopic (exact) mass is 246 g/mol. The zero-order chi connectivity index (χ0) is 12.8. The fourth-order valence-electron chi connectivity index (χ4n) is 1.65. The first-order valence-electron chi connectivity index (χ1n) is 6.13. The molecule has 2 heterocycles. The molecular weight excluding hydrogens is 228 g/mol. The maximum Gasteiger partial charge on any atom is 0.188 e. The van der Waals surface area contributed by atoms with Crippen molar-refractivity contribution in [2.24, 2.45) is 10.7 Å². The van der Waals surface area contributed by atoms with Crippen LogP contribution in [0.25, 0.3) is 5.65 Å². The number of aromatic nitrogens is 3. The number of fused-ring (bicyclic) bond motifs is 1. The van der Waals surface area contributed by atoms with Gasteiger partial charge in [-0.1, -0.05) is 13.0 Å². The maximum absolute atomic E-state index is 5.71. The molecular formula is C12H18N6. The number of rotatable bonds is 5. The molecule has 0 spiro atoms. The van der Waals surface area contributed by atoms with Crippen molar-refractivity contribution in [2.75, 3.05) is 13.1 Å². The summed E-state index contributed by atoms with van der Waals surface area (Å²) in [5.41, 5.74) is 6.57. The van der Waals surface area contributed by atoms with Crippen molar-refractivity contribution in [3.63, 3.8) is 0 Å². The zero-order valence-corrected chi connectivity index (χ0v) is 10.5. The zero-order valence-electron chi connectivity index (χ0n) is 10.5. The van der Waals surface area contributed by atoms with Gasteiger partial charge in [-0.25, -0.2) is 0 Å². The Bertz CT molecular complexity index is 530. The van der Waals surface area contributed by atoms with E-state index in [4.69, 9.17) is 5.73 Å². The van der Waals surface area contributed by atoms with Crippen LogP contribution in [0.15, 0.2) is 29.4 Å². The van der Waals surface area contributed by atoms with E-state index in [1.54, 1.807) is 0 Å². The molecule has 0 bridgehead atoms. The van der Waals surface area contributed by atoms with Crippen LogP contribution in [0.2, 0.25) is 0 Å². The number of pyridine rings is 1. The van der Waals surface area contributed by atoms with E-state index in [1.165, 1.54) is 0 Å². The number of hydrogen-bond acceptors (Lipinski definition) is 3. The van der Waals surface area contributed by atoms with Crippen LogP contribution in [-0.2, 0) is 6.42 Å². The molecule has 2 aromatic heterocycles. The molecule has 0 atom stereocenters. The van der Waals surface area contributed by atoms with Crippen LogP contribution in [0.1, 0.15) is 19.2 Å². The first kappa shape index (κ1) is 12.3. The molecule has 2 rings (SSSR count). The highest BCUT2D eigenvalue weighted by Crippen LogP contribution is 2.02. The van der Waals surface area contributed by atoms with Gasteiger partial charge in [0.25, 0.3) is 0 Å². The van der Waals surface area contributed by atoms with Crippen molar-refractivity contribution in [3.05, 3.63) is 30.2 Å². The summed E-state index contributed by atoms with van der Waals surface area (Å²) in [5.74, 6) is 1.41. The number of nitrogens with two attached hydrogens (primary N) is 1. The minimum absolute atomic E-state index is 0.491. The van der Waals surface area contributed by atoms with Crippen molar-refractivity contribution >= 4 is 11.6 Å². The van der Waals surface area contributed by atoms with Crippen molar-refractivity contribution < 1.29 is 0 Å². The minimum Gasteiger partial charge on any atom is -0.370 e. The smallest absolute Gasteiger partial charge is 0.188 e. The van der Waals surface area contributed by atoms with Gasteiger partial charge < -0.3 is 11.1 Å². The van der Waals surface area contributed by atoms with Crippen molar-refractivity contribution in [1.82, 2.24) is 19.9 Å². The van der Waals surface area contributed by atoms with E-state index in [0.29, 0.717) is 12.5 Å². The van der Waals surface area contributed by atoms with Crippen LogP contribution in [0.4, 0.5) is 0 Å². The summed E-state index contributed by atoms with van der Waals surface area (Å²) in [6.07, 6.45) is 3.71. The van der Waals surface area contributed by atoms with Crippen LogP contribution < -0.4 is 11.1 Å². The molecule has 0 saturated heterocycles. The molecule has 2 aromatic rings. The van der Waals surface area contributed by atoms with Gasteiger partial charge in [0.15, 0.2) is 11.6 Å². The number of nitrogens with one attached hydrogen (secondary N) is 1. The van der Waals surface area contributed by atoms with Crippen LogP contribution in [-0.4, -0.2) is 33.6 Å². The standard InChI is InChI=1S/C12H18N6/c1-2-7-14-12(13)15-8-6-11-17-16-10-5-3-4-9-18(10)11/h3-5,9H,2,6-8H2,1H3,(H3,13,14,15). The molecule has 0 saturated carbocycles. The minimum atomic E-state index is 0.491. The third-order valence-electron chi connectivity index (χ3n) is 2.54. The summed E-state index contributed by atoms with van der Waals surface area (Å²) in [6, 6.07) is 5.84. The maximum atomic E-state index is 5.71. The Morgan fingerprint density at radius 2 is 2.33 bits per heavy atom. The molecule has 6 nitrogen and oxygen atoms in total. The summed E-state index contributed by atoms with van der Waals surface area (Å²) in [4.78, 5) is 4.16. The molecule has 96 valence electrons. The molecule has 0 amide bonds. The number of nitrogens with zero attached hydrogens (tertiary/aromatic N) is 4. The SMILES string of the molecule is CCCN=C(N)NCCc1nnc2ccccn12. The Kier molecular flexibility index (Phi) is 4.11. The molecule has 0 fully saturated rings. The Hall–Kier alpha value is -2.11. The number of hydrogen-bond donors (Lipinski definition) is 2. The summed E-state index contributed by atoms with van der Waals surface area (Å²) >= 11 is 0. The molecule has 0 aromatic carbocycles. The highest BCUT2D eigenvalue weighted by atomic mass is 15.2. The average molecular weight is 246 g/mol. The van der Waals surface area contributed by atoms with E-state index in [-0.39, 0.29) is 0 Å². The van der Waals surface area contributed by atoms with Gasteiger partial charge in [0, 0.05) is 25.7 Å². The second-order valence-corrected chi connectivity index (χ2v) is 3.99. The number of aliphatic imine (C=N–C) groups is 1. The molecule has 6 heteroatoms. The van der Waals surface area contributed by atoms with Gasteiger partial charge in [-0.15, -0.1) is 10.2 Å². The van der Waals surface area contributed by atoms with Crippen molar-refractivity contribution in [3.8, 4) is 0 Å². The average Bonchev–Trinajstić information content (AvgIpc) is 2.80. The van der Waals surface area contributed by atoms with Gasteiger partial charge in [0.05, 0.1) is 0 Å². The van der Waals surface area contributed by atoms with Crippen molar-refractivity contribution in [2.45, 2.75) is 19.8 Å².